The quantitative estimate of drug-likeness (QED) is 0.786. The summed E-state index contributed by atoms with van der Waals surface area (Å²) in [6.45, 7) is 3.29. The third-order valence-corrected chi connectivity index (χ3v) is 3.82. The number of rotatable bonds is 7. The zero-order valence-corrected chi connectivity index (χ0v) is 13.9. The number of carbonyl (C=O) groups is 1. The molecule has 0 N–H and O–H groups in total. The Hall–Kier alpha value is -2.49. The highest BCUT2D eigenvalue weighted by molar-refractivity contribution is 5.97. The molecular weight excluding hydrogens is 290 g/mol. The van der Waals surface area contributed by atoms with Gasteiger partial charge < -0.3 is 14.4 Å². The smallest absolute Gasteiger partial charge is 0.257 e. The predicted molar refractivity (Wildman–Crippen MR) is 91.3 cm³/mol. The first kappa shape index (κ1) is 16.9. The van der Waals surface area contributed by atoms with Gasteiger partial charge in [0.15, 0.2) is 11.5 Å². The van der Waals surface area contributed by atoms with Crippen molar-refractivity contribution in [1.29, 1.82) is 0 Å². The van der Waals surface area contributed by atoms with Crippen LogP contribution in [0.5, 0.6) is 11.5 Å². The Balaban J connectivity index is 2.16. The molecule has 4 heteroatoms. The minimum atomic E-state index is -0.0424. The molecular formula is C19H23NO3. The van der Waals surface area contributed by atoms with Crippen LogP contribution >= 0.6 is 0 Å². The van der Waals surface area contributed by atoms with E-state index in [9.17, 15) is 4.79 Å². The second kappa shape index (κ2) is 8.22. The van der Waals surface area contributed by atoms with Crippen LogP contribution in [0.3, 0.4) is 0 Å². The maximum atomic E-state index is 12.8. The lowest BCUT2D eigenvalue weighted by Crippen LogP contribution is -2.33. The van der Waals surface area contributed by atoms with E-state index in [1.165, 1.54) is 5.56 Å². The predicted octanol–water partition coefficient (Wildman–Crippen LogP) is 3.41. The van der Waals surface area contributed by atoms with Gasteiger partial charge in [-0.1, -0.05) is 36.4 Å². The third-order valence-electron chi connectivity index (χ3n) is 3.82. The lowest BCUT2D eigenvalue weighted by molar-refractivity contribution is 0.0762. The molecule has 0 aromatic heterocycles. The van der Waals surface area contributed by atoms with Crippen LogP contribution in [-0.4, -0.2) is 38.1 Å². The van der Waals surface area contributed by atoms with E-state index < -0.39 is 0 Å². The van der Waals surface area contributed by atoms with Gasteiger partial charge in [-0.05, 0) is 31.0 Å². The number of likely N-dealkylation sites (N-methyl/N-ethyl adjacent to an activating group) is 1. The van der Waals surface area contributed by atoms with Gasteiger partial charge in [0.05, 0.1) is 19.8 Å². The van der Waals surface area contributed by atoms with Crippen LogP contribution < -0.4 is 9.47 Å². The molecule has 0 aliphatic carbocycles. The van der Waals surface area contributed by atoms with Gasteiger partial charge >= 0.3 is 0 Å². The van der Waals surface area contributed by atoms with E-state index in [0.29, 0.717) is 30.2 Å². The average Bonchev–Trinajstić information content (AvgIpc) is 2.62. The van der Waals surface area contributed by atoms with Gasteiger partial charge in [0.25, 0.3) is 5.91 Å². The van der Waals surface area contributed by atoms with Gasteiger partial charge in [-0.3, -0.25) is 4.79 Å². The van der Waals surface area contributed by atoms with Crippen molar-refractivity contribution in [3.63, 3.8) is 0 Å². The number of methoxy groups -OCH3 is 2. The Labute approximate surface area is 137 Å². The number of nitrogens with zero attached hydrogens (tertiary/aromatic N) is 1. The minimum absolute atomic E-state index is 0.0424. The molecule has 0 atom stereocenters. The van der Waals surface area contributed by atoms with Crippen molar-refractivity contribution in [3.05, 3.63) is 59.7 Å². The summed E-state index contributed by atoms with van der Waals surface area (Å²) in [4.78, 5) is 14.7. The van der Waals surface area contributed by atoms with Crippen molar-refractivity contribution in [2.45, 2.75) is 13.3 Å². The van der Waals surface area contributed by atoms with E-state index in [1.54, 1.807) is 32.4 Å². The van der Waals surface area contributed by atoms with Crippen molar-refractivity contribution < 1.29 is 14.3 Å². The van der Waals surface area contributed by atoms with Crippen molar-refractivity contribution in [2.75, 3.05) is 27.3 Å². The molecule has 2 aromatic carbocycles. The topological polar surface area (TPSA) is 38.8 Å². The average molecular weight is 313 g/mol. The van der Waals surface area contributed by atoms with E-state index in [4.69, 9.17) is 9.47 Å². The maximum absolute atomic E-state index is 12.8. The zero-order valence-electron chi connectivity index (χ0n) is 13.9. The van der Waals surface area contributed by atoms with E-state index in [0.717, 1.165) is 6.42 Å². The first-order valence-corrected chi connectivity index (χ1v) is 7.75. The number of ether oxygens (including phenoxy) is 2. The number of carbonyl (C=O) groups excluding carboxylic acids is 1. The minimum Gasteiger partial charge on any atom is -0.493 e. The summed E-state index contributed by atoms with van der Waals surface area (Å²) in [7, 11) is 3.12. The van der Waals surface area contributed by atoms with Crippen LogP contribution in [0, 0.1) is 0 Å². The second-order valence-electron chi connectivity index (χ2n) is 5.16. The highest BCUT2D eigenvalue weighted by atomic mass is 16.5. The molecule has 23 heavy (non-hydrogen) atoms. The lowest BCUT2D eigenvalue weighted by Gasteiger charge is -2.22. The molecule has 0 aliphatic rings. The van der Waals surface area contributed by atoms with Gasteiger partial charge in [0, 0.05) is 13.1 Å². The molecule has 2 rings (SSSR count). The summed E-state index contributed by atoms with van der Waals surface area (Å²) < 4.78 is 10.6. The first-order chi connectivity index (χ1) is 11.2. The molecule has 0 fully saturated rings. The van der Waals surface area contributed by atoms with Gasteiger partial charge in [-0.2, -0.15) is 0 Å². The number of hydrogen-bond donors (Lipinski definition) is 0. The van der Waals surface area contributed by atoms with Gasteiger partial charge in [-0.15, -0.1) is 0 Å². The van der Waals surface area contributed by atoms with Crippen LogP contribution in [0.2, 0.25) is 0 Å². The summed E-state index contributed by atoms with van der Waals surface area (Å²) in [5.74, 6) is 1.01. The van der Waals surface area contributed by atoms with Gasteiger partial charge in [0.2, 0.25) is 0 Å². The maximum Gasteiger partial charge on any atom is 0.257 e. The molecule has 0 unspecified atom stereocenters. The van der Waals surface area contributed by atoms with Gasteiger partial charge in [-0.25, -0.2) is 0 Å². The fourth-order valence-corrected chi connectivity index (χ4v) is 2.54. The highest BCUT2D eigenvalue weighted by Gasteiger charge is 2.20. The molecule has 0 bridgehead atoms. The van der Waals surface area contributed by atoms with Crippen molar-refractivity contribution in [1.82, 2.24) is 4.90 Å². The summed E-state index contributed by atoms with van der Waals surface area (Å²) in [5.41, 5.74) is 1.75. The van der Waals surface area contributed by atoms with E-state index in [-0.39, 0.29) is 5.91 Å². The zero-order chi connectivity index (χ0) is 16.7. The van der Waals surface area contributed by atoms with E-state index in [1.807, 2.05) is 30.0 Å². The molecule has 0 aliphatic heterocycles. The largest absolute Gasteiger partial charge is 0.493 e. The molecule has 0 saturated heterocycles. The Kier molecular flexibility index (Phi) is 6.03. The Morgan fingerprint density at radius 2 is 1.74 bits per heavy atom. The number of amides is 1. The van der Waals surface area contributed by atoms with Crippen molar-refractivity contribution >= 4 is 5.91 Å². The summed E-state index contributed by atoms with van der Waals surface area (Å²) in [6, 6.07) is 15.5. The third kappa shape index (κ3) is 4.03. The van der Waals surface area contributed by atoms with E-state index >= 15 is 0 Å². The molecule has 1 amide bonds. The Morgan fingerprint density at radius 1 is 1.00 bits per heavy atom. The second-order valence-corrected chi connectivity index (χ2v) is 5.16. The number of para-hydroxylation sites is 1. The molecule has 0 radical (unpaired) electrons. The van der Waals surface area contributed by atoms with Crippen LogP contribution in [0.1, 0.15) is 22.8 Å². The number of benzene rings is 2. The van der Waals surface area contributed by atoms with Crippen LogP contribution in [0.25, 0.3) is 0 Å². The molecule has 122 valence electrons. The first-order valence-electron chi connectivity index (χ1n) is 7.75. The Bertz CT molecular complexity index is 640. The summed E-state index contributed by atoms with van der Waals surface area (Å²) in [5, 5.41) is 0. The van der Waals surface area contributed by atoms with E-state index in [2.05, 4.69) is 12.1 Å². The Morgan fingerprint density at radius 3 is 2.35 bits per heavy atom. The lowest BCUT2D eigenvalue weighted by atomic mass is 10.1. The fraction of sp³-hybridized carbons (Fsp3) is 0.316. The molecule has 2 aromatic rings. The van der Waals surface area contributed by atoms with Crippen LogP contribution in [0.15, 0.2) is 48.5 Å². The number of hydrogen-bond acceptors (Lipinski definition) is 3. The standard InChI is InChI=1S/C19H23NO3/c1-4-20(14-13-15-9-6-5-7-10-15)19(21)16-11-8-12-17(22-2)18(16)23-3/h5-12H,4,13-14H2,1-3H3. The van der Waals surface area contributed by atoms with Crippen LogP contribution in [-0.2, 0) is 6.42 Å². The highest BCUT2D eigenvalue weighted by Crippen LogP contribution is 2.31. The summed E-state index contributed by atoms with van der Waals surface area (Å²) >= 11 is 0. The summed E-state index contributed by atoms with van der Waals surface area (Å²) in [6.07, 6.45) is 0.826. The molecule has 0 heterocycles. The molecule has 0 spiro atoms. The monoisotopic (exact) mass is 313 g/mol. The molecule has 0 saturated carbocycles. The van der Waals surface area contributed by atoms with Gasteiger partial charge in [0.1, 0.15) is 0 Å². The SMILES string of the molecule is CCN(CCc1ccccc1)C(=O)c1cccc(OC)c1OC. The molecule has 4 nitrogen and oxygen atoms in total. The normalized spacial score (nSPS) is 10.2. The van der Waals surface area contributed by atoms with Crippen molar-refractivity contribution in [3.8, 4) is 11.5 Å². The van der Waals surface area contributed by atoms with Crippen LogP contribution in [0.4, 0.5) is 0 Å². The fourth-order valence-electron chi connectivity index (χ4n) is 2.54. The van der Waals surface area contributed by atoms with Crippen molar-refractivity contribution in [2.24, 2.45) is 0 Å².